The number of esters is 1. The van der Waals surface area contributed by atoms with E-state index in [1.165, 1.54) is 24.3 Å². The van der Waals surface area contributed by atoms with Crippen molar-refractivity contribution in [3.63, 3.8) is 0 Å². The maximum absolute atomic E-state index is 13.1. The average molecular weight is 411 g/mol. The fraction of sp³-hybridized carbons (Fsp3) is 0.292. The minimum atomic E-state index is -0.391. The molecule has 2 aromatic carbocycles. The monoisotopic (exact) mass is 411 g/mol. The molecule has 0 spiro atoms. The Morgan fingerprint density at radius 2 is 1.63 bits per heavy atom. The van der Waals surface area contributed by atoms with Crippen molar-refractivity contribution in [1.29, 1.82) is 0 Å². The van der Waals surface area contributed by atoms with Crippen LogP contribution in [0.2, 0.25) is 0 Å². The highest BCUT2D eigenvalue weighted by Gasteiger charge is 2.65. The molecule has 0 aliphatic heterocycles. The van der Waals surface area contributed by atoms with Crippen molar-refractivity contribution in [1.82, 2.24) is 4.98 Å². The highest BCUT2D eigenvalue weighted by Crippen LogP contribution is 2.54. The molecule has 0 radical (unpaired) electrons. The molecule has 3 aromatic rings. The van der Waals surface area contributed by atoms with Gasteiger partial charge < -0.3 is 14.5 Å². The summed E-state index contributed by atoms with van der Waals surface area (Å²) < 4.78 is 37.6. The van der Waals surface area contributed by atoms with Crippen LogP contribution in [-0.2, 0) is 22.6 Å². The molecule has 1 heterocycles. The van der Waals surface area contributed by atoms with Crippen LogP contribution in [0.15, 0.2) is 60.8 Å². The normalized spacial score (nSPS) is 19.3. The molecular formula is C24H23F2NO3. The van der Waals surface area contributed by atoms with E-state index in [2.05, 4.69) is 4.98 Å². The lowest BCUT2D eigenvalue weighted by molar-refractivity contribution is -0.148. The highest BCUT2D eigenvalue weighted by molar-refractivity contribution is 5.78. The number of H-pyrrole nitrogens is 1. The summed E-state index contributed by atoms with van der Waals surface area (Å²) in [5.74, 6) is -0.801. The lowest BCUT2D eigenvalue weighted by atomic mass is 10.1. The summed E-state index contributed by atoms with van der Waals surface area (Å²) in [5.41, 5.74) is 2.41. The molecule has 1 N–H and O–H groups in total. The smallest absolute Gasteiger partial charge is 0.313 e. The van der Waals surface area contributed by atoms with Crippen molar-refractivity contribution in [3.05, 3.63) is 89.2 Å². The van der Waals surface area contributed by atoms with E-state index in [4.69, 9.17) is 9.47 Å². The van der Waals surface area contributed by atoms with Crippen LogP contribution in [0, 0.1) is 23.0 Å². The number of carbonyl (C=O) groups excluding carboxylic acids is 1. The summed E-state index contributed by atoms with van der Waals surface area (Å²) in [6.07, 6.45) is 2.09. The zero-order valence-electron chi connectivity index (χ0n) is 16.8. The highest BCUT2D eigenvalue weighted by atomic mass is 19.1. The Morgan fingerprint density at radius 1 is 1.00 bits per heavy atom. The molecule has 4 rings (SSSR count). The molecule has 1 saturated carbocycles. The van der Waals surface area contributed by atoms with Gasteiger partial charge in [0.15, 0.2) is 0 Å². The van der Waals surface area contributed by atoms with Crippen LogP contribution < -0.4 is 4.74 Å². The third-order valence-electron chi connectivity index (χ3n) is 5.66. The van der Waals surface area contributed by atoms with E-state index >= 15 is 0 Å². The molecule has 0 saturated heterocycles. The second-order valence-corrected chi connectivity index (χ2v) is 8.18. The quantitative estimate of drug-likeness (QED) is 0.555. The van der Waals surface area contributed by atoms with Gasteiger partial charge >= 0.3 is 5.97 Å². The average Bonchev–Trinajstić information content (AvgIpc) is 3.03. The van der Waals surface area contributed by atoms with E-state index in [0.29, 0.717) is 12.2 Å². The first-order valence-corrected chi connectivity index (χ1v) is 9.83. The molecule has 1 aliphatic carbocycles. The number of halogens is 2. The van der Waals surface area contributed by atoms with Gasteiger partial charge in [0.1, 0.15) is 36.0 Å². The summed E-state index contributed by atoms with van der Waals surface area (Å²) in [5, 5.41) is 0. The third-order valence-corrected chi connectivity index (χ3v) is 5.66. The Labute approximate surface area is 173 Å². The first-order chi connectivity index (χ1) is 14.3. The number of nitrogens with one attached hydrogen (secondary N) is 1. The Morgan fingerprint density at radius 3 is 2.30 bits per heavy atom. The molecule has 0 bridgehead atoms. The SMILES string of the molecule is CC1(C)C(Oc2ccc(F)cc2)C1C(=O)OCc1[nH]ccc1Cc1ccc(F)cc1. The summed E-state index contributed by atoms with van der Waals surface area (Å²) in [6.45, 7) is 4.02. The van der Waals surface area contributed by atoms with Gasteiger partial charge in [0.05, 0.1) is 5.69 Å². The van der Waals surface area contributed by atoms with Crippen LogP contribution in [-0.4, -0.2) is 17.1 Å². The summed E-state index contributed by atoms with van der Waals surface area (Å²) in [4.78, 5) is 15.8. The number of aromatic nitrogens is 1. The lowest BCUT2D eigenvalue weighted by Crippen LogP contribution is -2.13. The molecular weight excluding hydrogens is 388 g/mol. The number of rotatable bonds is 7. The topological polar surface area (TPSA) is 51.3 Å². The maximum Gasteiger partial charge on any atom is 0.313 e. The van der Waals surface area contributed by atoms with E-state index in [9.17, 15) is 13.6 Å². The van der Waals surface area contributed by atoms with Gasteiger partial charge in [0.25, 0.3) is 0 Å². The van der Waals surface area contributed by atoms with E-state index in [-0.39, 0.29) is 35.7 Å². The van der Waals surface area contributed by atoms with Crippen LogP contribution >= 0.6 is 0 Å². The number of hydrogen-bond acceptors (Lipinski definition) is 3. The summed E-state index contributed by atoms with van der Waals surface area (Å²) in [6, 6.07) is 14.0. The fourth-order valence-corrected chi connectivity index (χ4v) is 3.69. The van der Waals surface area contributed by atoms with Gasteiger partial charge in [-0.1, -0.05) is 26.0 Å². The van der Waals surface area contributed by atoms with Crippen LogP contribution in [0.4, 0.5) is 8.78 Å². The number of hydrogen-bond donors (Lipinski definition) is 1. The van der Waals surface area contributed by atoms with Crippen LogP contribution in [0.5, 0.6) is 5.75 Å². The van der Waals surface area contributed by atoms with Gasteiger partial charge in [0, 0.05) is 11.6 Å². The maximum atomic E-state index is 13.1. The fourth-order valence-electron chi connectivity index (χ4n) is 3.69. The van der Waals surface area contributed by atoms with Crippen molar-refractivity contribution in [2.75, 3.05) is 0 Å². The first-order valence-electron chi connectivity index (χ1n) is 9.83. The predicted molar refractivity (Wildman–Crippen MR) is 108 cm³/mol. The standard InChI is InChI=1S/C24H23F2NO3/c1-24(2)21(22(24)30-19-9-7-18(26)8-10-19)23(28)29-14-20-16(11-12-27-20)13-15-3-5-17(25)6-4-15/h3-12,21-22,27H,13-14H2,1-2H3. The minimum absolute atomic E-state index is 0.123. The number of ether oxygens (including phenoxy) is 2. The Balaban J connectivity index is 1.35. The number of aromatic amines is 1. The van der Waals surface area contributed by atoms with Crippen LogP contribution in [0.25, 0.3) is 0 Å². The summed E-state index contributed by atoms with van der Waals surface area (Å²) in [7, 11) is 0. The first kappa shape index (κ1) is 20.1. The zero-order valence-corrected chi connectivity index (χ0v) is 16.8. The molecule has 1 fully saturated rings. The van der Waals surface area contributed by atoms with E-state index in [1.54, 1.807) is 30.5 Å². The van der Waals surface area contributed by atoms with Crippen LogP contribution in [0.3, 0.4) is 0 Å². The van der Waals surface area contributed by atoms with Crippen molar-refractivity contribution in [2.24, 2.45) is 11.3 Å². The molecule has 30 heavy (non-hydrogen) atoms. The molecule has 6 heteroatoms. The number of carbonyl (C=O) groups is 1. The minimum Gasteiger partial charge on any atom is -0.489 e. The van der Waals surface area contributed by atoms with Gasteiger partial charge in [-0.05, 0) is 60.0 Å². The second-order valence-electron chi connectivity index (χ2n) is 8.18. The van der Waals surface area contributed by atoms with Crippen molar-refractivity contribution in [3.8, 4) is 5.75 Å². The van der Waals surface area contributed by atoms with Crippen LogP contribution in [0.1, 0.15) is 30.7 Å². The Hall–Kier alpha value is -3.15. The number of benzene rings is 2. The largest absolute Gasteiger partial charge is 0.489 e. The van der Waals surface area contributed by atoms with Gasteiger partial charge in [0.2, 0.25) is 0 Å². The molecule has 2 atom stereocenters. The van der Waals surface area contributed by atoms with Crippen molar-refractivity contribution in [2.45, 2.75) is 33.0 Å². The summed E-state index contributed by atoms with van der Waals surface area (Å²) >= 11 is 0. The van der Waals surface area contributed by atoms with E-state index in [1.807, 2.05) is 19.9 Å². The van der Waals surface area contributed by atoms with E-state index in [0.717, 1.165) is 16.8 Å². The third kappa shape index (κ3) is 4.22. The Kier molecular flexibility index (Phi) is 5.33. The van der Waals surface area contributed by atoms with Gasteiger partial charge in [-0.25, -0.2) is 8.78 Å². The molecule has 0 amide bonds. The van der Waals surface area contributed by atoms with Crippen molar-refractivity contribution < 1.29 is 23.0 Å². The predicted octanol–water partition coefficient (Wildman–Crippen LogP) is 5.03. The molecule has 156 valence electrons. The zero-order chi connectivity index (χ0) is 21.3. The van der Waals surface area contributed by atoms with Crippen molar-refractivity contribution >= 4 is 5.97 Å². The lowest BCUT2D eigenvalue weighted by Gasteiger charge is -2.08. The molecule has 1 aliphatic rings. The van der Waals surface area contributed by atoms with Gasteiger partial charge in [-0.3, -0.25) is 4.79 Å². The second kappa shape index (κ2) is 7.94. The van der Waals surface area contributed by atoms with Gasteiger partial charge in [-0.15, -0.1) is 0 Å². The molecule has 4 nitrogen and oxygen atoms in total. The Bertz CT molecular complexity index is 1030. The van der Waals surface area contributed by atoms with Gasteiger partial charge in [-0.2, -0.15) is 0 Å². The molecule has 2 unspecified atom stereocenters. The molecule has 1 aromatic heterocycles. The van der Waals surface area contributed by atoms with E-state index < -0.39 is 5.92 Å².